The van der Waals surface area contributed by atoms with Gasteiger partial charge in [0.15, 0.2) is 5.82 Å². The predicted molar refractivity (Wildman–Crippen MR) is 89.4 cm³/mol. The van der Waals surface area contributed by atoms with E-state index in [0.717, 1.165) is 35.7 Å². The normalized spacial score (nSPS) is 21.7. The Labute approximate surface area is 138 Å². The Hall–Kier alpha value is -1.34. The van der Waals surface area contributed by atoms with Gasteiger partial charge in [-0.25, -0.2) is 9.97 Å². The van der Waals surface area contributed by atoms with Crippen LogP contribution in [0, 0.1) is 6.92 Å². The molecule has 0 unspecified atom stereocenters. The van der Waals surface area contributed by atoms with Gasteiger partial charge >= 0.3 is 0 Å². The zero-order valence-electron chi connectivity index (χ0n) is 12.8. The number of nitrogens with one attached hydrogen (secondary N) is 1. The molecule has 3 rings (SSSR count). The highest BCUT2D eigenvalue weighted by Gasteiger charge is 2.25. The lowest BCUT2D eigenvalue weighted by Crippen LogP contribution is -2.39. The molecule has 0 aromatic carbocycles. The molecule has 2 heterocycles. The van der Waals surface area contributed by atoms with Crippen molar-refractivity contribution in [2.45, 2.75) is 48.2 Å². The van der Waals surface area contributed by atoms with Crippen molar-refractivity contribution < 1.29 is 4.79 Å². The number of imidazole rings is 1. The van der Waals surface area contributed by atoms with Gasteiger partial charge in [0.05, 0.1) is 0 Å². The van der Waals surface area contributed by atoms with Gasteiger partial charge in [0.2, 0.25) is 0 Å². The Bertz CT molecular complexity index is 644. The first-order valence-corrected chi connectivity index (χ1v) is 9.24. The third kappa shape index (κ3) is 3.70. The molecule has 0 radical (unpaired) electrons. The number of aromatic nitrogens is 3. The van der Waals surface area contributed by atoms with E-state index < -0.39 is 0 Å². The Kier molecular flexibility index (Phi) is 4.83. The highest BCUT2D eigenvalue weighted by atomic mass is 32.2. The van der Waals surface area contributed by atoms with E-state index in [9.17, 15) is 4.79 Å². The van der Waals surface area contributed by atoms with Crippen molar-refractivity contribution in [1.82, 2.24) is 19.9 Å². The van der Waals surface area contributed by atoms with Crippen molar-refractivity contribution in [2.75, 3.05) is 0 Å². The van der Waals surface area contributed by atoms with Crippen molar-refractivity contribution in [3.63, 3.8) is 0 Å². The van der Waals surface area contributed by atoms with E-state index in [2.05, 4.69) is 20.7 Å². The number of aryl methyl sites for hydroxylation is 2. The Balaban J connectivity index is 1.47. The molecule has 2 aromatic heterocycles. The van der Waals surface area contributed by atoms with Crippen LogP contribution in [-0.4, -0.2) is 31.7 Å². The van der Waals surface area contributed by atoms with Gasteiger partial charge in [-0.1, -0.05) is 11.8 Å². The van der Waals surface area contributed by atoms with E-state index in [0.29, 0.717) is 11.1 Å². The zero-order valence-corrected chi connectivity index (χ0v) is 14.4. The van der Waals surface area contributed by atoms with Crippen LogP contribution in [-0.2, 0) is 7.05 Å². The molecule has 1 saturated carbocycles. The molecule has 118 valence electrons. The first-order valence-electron chi connectivity index (χ1n) is 7.49. The van der Waals surface area contributed by atoms with Crippen LogP contribution < -0.4 is 5.32 Å². The smallest absolute Gasteiger partial charge is 0.287 e. The number of thioether (sulfide) groups is 1. The lowest BCUT2D eigenvalue weighted by Gasteiger charge is -2.28. The molecule has 5 nitrogen and oxygen atoms in total. The van der Waals surface area contributed by atoms with Crippen LogP contribution in [0.25, 0.3) is 0 Å². The number of hydrogen-bond acceptors (Lipinski definition) is 5. The molecular weight excluding hydrogens is 316 g/mol. The molecule has 0 spiro atoms. The summed E-state index contributed by atoms with van der Waals surface area (Å²) in [5, 5.41) is 5.82. The van der Waals surface area contributed by atoms with Crippen molar-refractivity contribution in [1.29, 1.82) is 0 Å². The van der Waals surface area contributed by atoms with Crippen LogP contribution in [0.1, 0.15) is 42.0 Å². The number of carbonyl (C=O) groups is 1. The maximum atomic E-state index is 12.2. The molecule has 0 bridgehead atoms. The first kappa shape index (κ1) is 15.6. The van der Waals surface area contributed by atoms with Gasteiger partial charge in [0.1, 0.15) is 4.34 Å². The average molecular weight is 336 g/mol. The quantitative estimate of drug-likeness (QED) is 0.932. The van der Waals surface area contributed by atoms with E-state index in [-0.39, 0.29) is 11.9 Å². The Morgan fingerprint density at radius 2 is 2.18 bits per heavy atom. The van der Waals surface area contributed by atoms with Crippen LogP contribution in [0.3, 0.4) is 0 Å². The first-order chi connectivity index (χ1) is 10.6. The second-order valence-electron chi connectivity index (χ2n) is 5.68. The summed E-state index contributed by atoms with van der Waals surface area (Å²) < 4.78 is 2.92. The predicted octanol–water partition coefficient (Wildman–Crippen LogP) is 3.02. The fraction of sp³-hybridized carbons (Fsp3) is 0.533. The highest BCUT2D eigenvalue weighted by molar-refractivity contribution is 8.01. The van der Waals surface area contributed by atoms with Crippen LogP contribution in [0.2, 0.25) is 0 Å². The fourth-order valence-corrected chi connectivity index (χ4v) is 4.97. The molecule has 1 amide bonds. The summed E-state index contributed by atoms with van der Waals surface area (Å²) in [6, 6.07) is 0.263. The second kappa shape index (κ2) is 6.83. The van der Waals surface area contributed by atoms with E-state index in [1.165, 1.54) is 0 Å². The monoisotopic (exact) mass is 336 g/mol. The summed E-state index contributed by atoms with van der Waals surface area (Å²) in [4.78, 5) is 20.8. The molecule has 1 aliphatic rings. The minimum Gasteiger partial charge on any atom is -0.347 e. The number of amides is 1. The van der Waals surface area contributed by atoms with Gasteiger partial charge in [-0.15, -0.1) is 11.3 Å². The Morgan fingerprint density at radius 3 is 2.77 bits per heavy atom. The molecular formula is C15H20N4OS2. The second-order valence-corrected chi connectivity index (χ2v) is 8.09. The summed E-state index contributed by atoms with van der Waals surface area (Å²) in [5.41, 5.74) is 1.10. The summed E-state index contributed by atoms with van der Waals surface area (Å²) in [7, 11) is 1.84. The summed E-state index contributed by atoms with van der Waals surface area (Å²) in [6.45, 7) is 2.03. The number of rotatable bonds is 4. The van der Waals surface area contributed by atoms with E-state index >= 15 is 0 Å². The van der Waals surface area contributed by atoms with Crippen molar-refractivity contribution in [2.24, 2.45) is 7.05 Å². The standard InChI is InChI=1S/C15H20N4OS2/c1-10-9-21-15(17-10)22-12-5-3-11(4-6-12)18-14(20)13-16-7-8-19(13)2/h7-9,11-12H,3-6H2,1-2H3,(H,18,20). The van der Waals surface area contributed by atoms with Gasteiger partial charge in [-0.3, -0.25) is 4.79 Å². The van der Waals surface area contributed by atoms with E-state index in [1.807, 2.05) is 25.7 Å². The molecule has 1 aliphatic carbocycles. The molecule has 1 fully saturated rings. The zero-order chi connectivity index (χ0) is 15.5. The van der Waals surface area contributed by atoms with Gasteiger partial charge in [0, 0.05) is 41.8 Å². The number of carbonyl (C=O) groups excluding carboxylic acids is 1. The van der Waals surface area contributed by atoms with Gasteiger partial charge in [-0.05, 0) is 32.6 Å². The molecule has 7 heteroatoms. The van der Waals surface area contributed by atoms with Gasteiger partial charge in [-0.2, -0.15) is 0 Å². The average Bonchev–Trinajstić information content (AvgIpc) is 3.10. The van der Waals surface area contributed by atoms with Crippen LogP contribution in [0.5, 0.6) is 0 Å². The number of nitrogens with zero attached hydrogens (tertiary/aromatic N) is 3. The third-order valence-electron chi connectivity index (χ3n) is 3.90. The lowest BCUT2D eigenvalue weighted by atomic mass is 9.95. The van der Waals surface area contributed by atoms with Crippen LogP contribution in [0.15, 0.2) is 22.1 Å². The molecule has 0 atom stereocenters. The van der Waals surface area contributed by atoms with Crippen LogP contribution in [0.4, 0.5) is 0 Å². The summed E-state index contributed by atoms with van der Waals surface area (Å²) >= 11 is 3.61. The largest absolute Gasteiger partial charge is 0.347 e. The number of thiazole rings is 1. The summed E-state index contributed by atoms with van der Waals surface area (Å²) in [6.07, 6.45) is 7.73. The minimum absolute atomic E-state index is 0.0702. The molecule has 0 saturated heterocycles. The van der Waals surface area contributed by atoms with Crippen molar-refractivity contribution in [3.05, 3.63) is 29.3 Å². The maximum absolute atomic E-state index is 12.2. The van der Waals surface area contributed by atoms with E-state index in [4.69, 9.17) is 0 Å². The van der Waals surface area contributed by atoms with Gasteiger partial charge in [0.25, 0.3) is 5.91 Å². The Morgan fingerprint density at radius 1 is 1.41 bits per heavy atom. The van der Waals surface area contributed by atoms with Crippen LogP contribution >= 0.6 is 23.1 Å². The SMILES string of the molecule is Cc1csc(SC2CCC(NC(=O)c3nccn3C)CC2)n1. The topological polar surface area (TPSA) is 59.8 Å². The van der Waals surface area contributed by atoms with E-state index in [1.54, 1.807) is 28.3 Å². The van der Waals surface area contributed by atoms with Crippen molar-refractivity contribution >= 4 is 29.0 Å². The lowest BCUT2D eigenvalue weighted by molar-refractivity contribution is 0.0914. The number of hydrogen-bond donors (Lipinski definition) is 1. The molecule has 22 heavy (non-hydrogen) atoms. The molecule has 1 N–H and O–H groups in total. The molecule has 0 aliphatic heterocycles. The maximum Gasteiger partial charge on any atom is 0.287 e. The highest BCUT2D eigenvalue weighted by Crippen LogP contribution is 2.35. The van der Waals surface area contributed by atoms with Crippen molar-refractivity contribution in [3.8, 4) is 0 Å². The third-order valence-corrected chi connectivity index (χ3v) is 6.33. The molecule has 2 aromatic rings. The summed E-state index contributed by atoms with van der Waals surface area (Å²) in [5.74, 6) is 0.411. The fourth-order valence-electron chi connectivity index (χ4n) is 2.69. The van der Waals surface area contributed by atoms with Gasteiger partial charge < -0.3 is 9.88 Å². The minimum atomic E-state index is -0.0702.